The van der Waals surface area contributed by atoms with Gasteiger partial charge in [0.05, 0.1) is 13.7 Å². The minimum absolute atomic E-state index is 0.119. The first-order chi connectivity index (χ1) is 9.65. The smallest absolute Gasteiger partial charge is 0.193 e. The highest BCUT2D eigenvalue weighted by Gasteiger charge is 2.12. The molecule has 0 heterocycles. The molecule has 2 aromatic carbocycles. The van der Waals surface area contributed by atoms with E-state index in [4.69, 9.17) is 9.47 Å². The molecular weight excluding hydrogens is 259 g/mol. The first-order valence-electron chi connectivity index (χ1n) is 6.26. The lowest BCUT2D eigenvalue weighted by molar-refractivity contribution is 0.103. The van der Waals surface area contributed by atoms with Gasteiger partial charge in [-0.2, -0.15) is 0 Å². The van der Waals surface area contributed by atoms with Crippen LogP contribution < -0.4 is 9.47 Å². The normalized spacial score (nSPS) is 10.2. The summed E-state index contributed by atoms with van der Waals surface area (Å²) >= 11 is 0. The lowest BCUT2D eigenvalue weighted by Crippen LogP contribution is -2.02. The first-order valence-corrected chi connectivity index (χ1v) is 6.26. The molecule has 0 aliphatic rings. The van der Waals surface area contributed by atoms with Gasteiger partial charge >= 0.3 is 0 Å². The number of carbonyl (C=O) groups excluding carboxylic acids is 1. The SMILES string of the molecule is CCOc1ccc(C(=O)c2ccc(OC)c(F)c2)cc1. The summed E-state index contributed by atoms with van der Waals surface area (Å²) in [6.07, 6.45) is 0. The number of ether oxygens (including phenoxy) is 2. The van der Waals surface area contributed by atoms with Crippen molar-refractivity contribution in [3.63, 3.8) is 0 Å². The van der Waals surface area contributed by atoms with Gasteiger partial charge in [-0.3, -0.25) is 4.79 Å². The van der Waals surface area contributed by atoms with E-state index < -0.39 is 5.82 Å². The summed E-state index contributed by atoms with van der Waals surface area (Å²) in [5.74, 6) is 0.0251. The highest BCUT2D eigenvalue weighted by molar-refractivity contribution is 6.09. The van der Waals surface area contributed by atoms with Crippen LogP contribution >= 0.6 is 0 Å². The van der Waals surface area contributed by atoms with Crippen molar-refractivity contribution < 1.29 is 18.7 Å². The molecule has 0 aliphatic heterocycles. The van der Waals surface area contributed by atoms with E-state index in [0.29, 0.717) is 17.9 Å². The van der Waals surface area contributed by atoms with Crippen LogP contribution in [-0.2, 0) is 0 Å². The van der Waals surface area contributed by atoms with Crippen molar-refractivity contribution in [2.24, 2.45) is 0 Å². The van der Waals surface area contributed by atoms with Gasteiger partial charge in [0.2, 0.25) is 0 Å². The molecule has 0 atom stereocenters. The van der Waals surface area contributed by atoms with Crippen LogP contribution in [0.3, 0.4) is 0 Å². The van der Waals surface area contributed by atoms with Gasteiger partial charge in [-0.05, 0) is 49.4 Å². The summed E-state index contributed by atoms with van der Waals surface area (Å²) in [6, 6.07) is 10.9. The molecule has 2 aromatic rings. The second-order valence-corrected chi connectivity index (χ2v) is 4.14. The van der Waals surface area contributed by atoms with E-state index in [0.717, 1.165) is 0 Å². The Kier molecular flexibility index (Phi) is 4.35. The fourth-order valence-electron chi connectivity index (χ4n) is 1.84. The van der Waals surface area contributed by atoms with E-state index in [1.54, 1.807) is 30.3 Å². The van der Waals surface area contributed by atoms with Crippen molar-refractivity contribution in [3.05, 3.63) is 59.4 Å². The summed E-state index contributed by atoms with van der Waals surface area (Å²) < 4.78 is 23.7. The third-order valence-electron chi connectivity index (χ3n) is 2.84. The molecular formula is C16H15FO3. The van der Waals surface area contributed by atoms with E-state index in [1.807, 2.05) is 6.92 Å². The predicted octanol–water partition coefficient (Wildman–Crippen LogP) is 3.46. The van der Waals surface area contributed by atoms with Crippen LogP contribution in [0.4, 0.5) is 4.39 Å². The van der Waals surface area contributed by atoms with Crippen LogP contribution in [0.15, 0.2) is 42.5 Å². The van der Waals surface area contributed by atoms with Crippen molar-refractivity contribution in [2.45, 2.75) is 6.92 Å². The van der Waals surface area contributed by atoms with Crippen molar-refractivity contribution in [1.82, 2.24) is 0 Å². The minimum Gasteiger partial charge on any atom is -0.494 e. The third kappa shape index (κ3) is 2.96. The second kappa shape index (κ2) is 6.19. The quantitative estimate of drug-likeness (QED) is 0.783. The van der Waals surface area contributed by atoms with Crippen LogP contribution in [0, 0.1) is 5.82 Å². The number of ketones is 1. The number of methoxy groups -OCH3 is 1. The Morgan fingerprint density at radius 3 is 2.30 bits per heavy atom. The predicted molar refractivity (Wildman–Crippen MR) is 74.0 cm³/mol. The van der Waals surface area contributed by atoms with Crippen LogP contribution in [-0.4, -0.2) is 19.5 Å². The molecule has 3 nitrogen and oxygen atoms in total. The zero-order valence-corrected chi connectivity index (χ0v) is 11.4. The molecule has 0 bridgehead atoms. The highest BCUT2D eigenvalue weighted by atomic mass is 19.1. The number of rotatable bonds is 5. The summed E-state index contributed by atoms with van der Waals surface area (Å²) in [5, 5.41) is 0. The largest absolute Gasteiger partial charge is 0.494 e. The molecule has 0 saturated carbocycles. The molecule has 0 spiro atoms. The second-order valence-electron chi connectivity index (χ2n) is 4.14. The molecule has 0 N–H and O–H groups in total. The number of benzene rings is 2. The Morgan fingerprint density at radius 2 is 1.75 bits per heavy atom. The topological polar surface area (TPSA) is 35.5 Å². The summed E-state index contributed by atoms with van der Waals surface area (Å²) in [4.78, 5) is 12.2. The Balaban J connectivity index is 2.24. The molecule has 0 unspecified atom stereocenters. The standard InChI is InChI=1S/C16H15FO3/c1-3-20-13-7-4-11(5-8-13)16(18)12-6-9-15(19-2)14(17)10-12/h4-10H,3H2,1-2H3. The zero-order chi connectivity index (χ0) is 14.5. The van der Waals surface area contributed by atoms with Crippen LogP contribution in [0.2, 0.25) is 0 Å². The van der Waals surface area contributed by atoms with Crippen molar-refractivity contribution in [1.29, 1.82) is 0 Å². The van der Waals surface area contributed by atoms with Crippen LogP contribution in [0.25, 0.3) is 0 Å². The molecule has 0 aromatic heterocycles. The average Bonchev–Trinajstić information content (AvgIpc) is 2.47. The molecule has 0 amide bonds. The Hall–Kier alpha value is -2.36. The lowest BCUT2D eigenvalue weighted by Gasteiger charge is -2.06. The van der Waals surface area contributed by atoms with Gasteiger partial charge in [0.25, 0.3) is 0 Å². The van der Waals surface area contributed by atoms with Gasteiger partial charge in [-0.1, -0.05) is 0 Å². The van der Waals surface area contributed by atoms with Crippen molar-refractivity contribution in [3.8, 4) is 11.5 Å². The van der Waals surface area contributed by atoms with Crippen LogP contribution in [0.5, 0.6) is 11.5 Å². The minimum atomic E-state index is -0.552. The number of hydrogen-bond acceptors (Lipinski definition) is 3. The van der Waals surface area contributed by atoms with E-state index in [9.17, 15) is 9.18 Å². The van der Waals surface area contributed by atoms with Crippen LogP contribution in [0.1, 0.15) is 22.8 Å². The maximum atomic E-state index is 13.6. The van der Waals surface area contributed by atoms with E-state index in [-0.39, 0.29) is 17.1 Å². The van der Waals surface area contributed by atoms with E-state index in [1.165, 1.54) is 19.2 Å². The van der Waals surface area contributed by atoms with E-state index in [2.05, 4.69) is 0 Å². The highest BCUT2D eigenvalue weighted by Crippen LogP contribution is 2.20. The maximum absolute atomic E-state index is 13.6. The summed E-state index contributed by atoms with van der Waals surface area (Å²) in [6.45, 7) is 2.45. The Morgan fingerprint density at radius 1 is 1.10 bits per heavy atom. The Labute approximate surface area is 117 Å². The first kappa shape index (κ1) is 14.1. The molecule has 104 valence electrons. The lowest BCUT2D eigenvalue weighted by atomic mass is 10.0. The van der Waals surface area contributed by atoms with Gasteiger partial charge < -0.3 is 9.47 Å². The monoisotopic (exact) mass is 274 g/mol. The fourth-order valence-corrected chi connectivity index (χ4v) is 1.84. The fraction of sp³-hybridized carbons (Fsp3) is 0.188. The molecule has 0 radical (unpaired) electrons. The molecule has 0 fully saturated rings. The summed E-state index contributed by atoms with van der Waals surface area (Å²) in [7, 11) is 1.38. The molecule has 0 saturated heterocycles. The Bertz CT molecular complexity index is 606. The van der Waals surface area contributed by atoms with Crippen molar-refractivity contribution in [2.75, 3.05) is 13.7 Å². The van der Waals surface area contributed by atoms with Gasteiger partial charge in [0.15, 0.2) is 17.3 Å². The number of hydrogen-bond donors (Lipinski definition) is 0. The summed E-state index contributed by atoms with van der Waals surface area (Å²) in [5.41, 5.74) is 0.769. The van der Waals surface area contributed by atoms with Gasteiger partial charge in [-0.25, -0.2) is 4.39 Å². The zero-order valence-electron chi connectivity index (χ0n) is 11.4. The van der Waals surface area contributed by atoms with E-state index >= 15 is 0 Å². The third-order valence-corrected chi connectivity index (χ3v) is 2.84. The molecule has 20 heavy (non-hydrogen) atoms. The molecule has 0 aliphatic carbocycles. The van der Waals surface area contributed by atoms with Crippen molar-refractivity contribution >= 4 is 5.78 Å². The molecule has 2 rings (SSSR count). The maximum Gasteiger partial charge on any atom is 0.193 e. The number of halogens is 1. The van der Waals surface area contributed by atoms with Gasteiger partial charge in [-0.15, -0.1) is 0 Å². The molecule has 4 heteroatoms. The van der Waals surface area contributed by atoms with Gasteiger partial charge in [0, 0.05) is 11.1 Å². The number of carbonyl (C=O) groups is 1. The van der Waals surface area contributed by atoms with Gasteiger partial charge in [0.1, 0.15) is 5.75 Å². The average molecular weight is 274 g/mol.